The van der Waals surface area contributed by atoms with Crippen LogP contribution in [-0.2, 0) is 17.9 Å². The molecule has 122 valence electrons. The molecule has 3 atom stereocenters. The van der Waals surface area contributed by atoms with Crippen LogP contribution < -0.4 is 0 Å². The Balaban J connectivity index is 1.69. The average molecular weight is 305 g/mol. The largest absolute Gasteiger partial charge is 0.392 e. The summed E-state index contributed by atoms with van der Waals surface area (Å²) >= 11 is 0. The van der Waals surface area contributed by atoms with E-state index in [0.717, 1.165) is 31.5 Å². The van der Waals surface area contributed by atoms with Crippen LogP contribution in [0.25, 0.3) is 0 Å². The number of aliphatic hydroxyl groups is 2. The van der Waals surface area contributed by atoms with Gasteiger partial charge in [-0.1, -0.05) is 24.3 Å². The van der Waals surface area contributed by atoms with Gasteiger partial charge < -0.3 is 14.9 Å². The molecule has 0 unspecified atom stereocenters. The summed E-state index contributed by atoms with van der Waals surface area (Å²) in [7, 11) is 0. The highest BCUT2D eigenvalue weighted by atomic mass is 16.5. The van der Waals surface area contributed by atoms with Crippen molar-refractivity contribution >= 4 is 0 Å². The minimum Gasteiger partial charge on any atom is -0.392 e. The van der Waals surface area contributed by atoms with E-state index in [2.05, 4.69) is 17.0 Å². The van der Waals surface area contributed by atoms with Crippen LogP contribution in [0.5, 0.6) is 0 Å². The monoisotopic (exact) mass is 305 g/mol. The van der Waals surface area contributed by atoms with Crippen molar-refractivity contribution in [2.45, 2.75) is 51.0 Å². The Morgan fingerprint density at radius 3 is 2.68 bits per heavy atom. The molecule has 2 aliphatic heterocycles. The molecule has 0 aromatic heterocycles. The number of likely N-dealkylation sites (tertiary alicyclic amines) is 1. The molecule has 1 aromatic rings. The number of hydrogen-bond donors (Lipinski definition) is 2. The summed E-state index contributed by atoms with van der Waals surface area (Å²) in [5.41, 5.74) is 1.59. The number of benzene rings is 1. The molecule has 0 aliphatic carbocycles. The quantitative estimate of drug-likeness (QED) is 0.892. The summed E-state index contributed by atoms with van der Waals surface area (Å²) in [6, 6.07) is 8.56. The third kappa shape index (κ3) is 3.35. The molecule has 4 nitrogen and oxygen atoms in total. The van der Waals surface area contributed by atoms with Gasteiger partial charge in [0.2, 0.25) is 0 Å². The summed E-state index contributed by atoms with van der Waals surface area (Å²) < 4.78 is 5.64. The highest BCUT2D eigenvalue weighted by Crippen LogP contribution is 2.36. The van der Waals surface area contributed by atoms with Crippen molar-refractivity contribution in [3.63, 3.8) is 0 Å². The van der Waals surface area contributed by atoms with E-state index < -0.39 is 5.60 Å². The molecular weight excluding hydrogens is 278 g/mol. The lowest BCUT2D eigenvalue weighted by Crippen LogP contribution is -2.52. The van der Waals surface area contributed by atoms with Crippen molar-refractivity contribution in [3.05, 3.63) is 35.4 Å². The fourth-order valence-electron chi connectivity index (χ4n) is 3.87. The van der Waals surface area contributed by atoms with Gasteiger partial charge in [0, 0.05) is 25.1 Å². The molecule has 2 saturated heterocycles. The van der Waals surface area contributed by atoms with Gasteiger partial charge in [-0.05, 0) is 43.9 Å². The molecule has 3 rings (SSSR count). The Labute approximate surface area is 132 Å². The molecule has 0 bridgehead atoms. The van der Waals surface area contributed by atoms with Gasteiger partial charge in [-0.3, -0.25) is 4.90 Å². The number of hydrogen-bond acceptors (Lipinski definition) is 4. The molecule has 4 heteroatoms. The van der Waals surface area contributed by atoms with Gasteiger partial charge in [-0.2, -0.15) is 0 Å². The maximum atomic E-state index is 10.7. The number of nitrogens with zero attached hydrogens (tertiary/aromatic N) is 1. The van der Waals surface area contributed by atoms with Crippen LogP contribution in [0, 0.1) is 5.92 Å². The Morgan fingerprint density at radius 1 is 1.27 bits per heavy atom. The molecule has 2 aliphatic rings. The summed E-state index contributed by atoms with van der Waals surface area (Å²) in [4.78, 5) is 2.49. The van der Waals surface area contributed by atoms with Crippen molar-refractivity contribution in [2.24, 2.45) is 5.92 Å². The van der Waals surface area contributed by atoms with E-state index in [-0.39, 0.29) is 12.5 Å². The molecule has 0 spiro atoms. The first-order valence-corrected chi connectivity index (χ1v) is 8.33. The summed E-state index contributed by atoms with van der Waals surface area (Å²) in [5, 5.41) is 19.8. The van der Waals surface area contributed by atoms with Crippen LogP contribution in [-0.4, -0.2) is 46.5 Å². The Hall–Kier alpha value is -0.940. The average Bonchev–Trinajstić information content (AvgIpc) is 2.95. The number of ether oxygens (including phenoxy) is 1. The molecule has 2 N–H and O–H groups in total. The Morgan fingerprint density at radius 2 is 2.00 bits per heavy atom. The topological polar surface area (TPSA) is 52.9 Å². The normalized spacial score (nSPS) is 33.2. The lowest BCUT2D eigenvalue weighted by Gasteiger charge is -2.43. The standard InChI is InChI=1S/C18H27NO3/c1-18(21)8-10-22-13-16(18)17-3-2-9-19(17)11-14-4-6-15(12-20)7-5-14/h4-7,16-17,20-21H,2-3,8-13H2,1H3/t16-,17+,18+/m1/s1. The van der Waals surface area contributed by atoms with Crippen LogP contribution in [0.2, 0.25) is 0 Å². The van der Waals surface area contributed by atoms with Crippen molar-refractivity contribution < 1.29 is 14.9 Å². The van der Waals surface area contributed by atoms with Gasteiger partial charge in [0.05, 0.1) is 18.8 Å². The molecule has 2 fully saturated rings. The minimum atomic E-state index is -0.619. The maximum Gasteiger partial charge on any atom is 0.0706 e. The molecular formula is C18H27NO3. The van der Waals surface area contributed by atoms with Crippen LogP contribution >= 0.6 is 0 Å². The lowest BCUT2D eigenvalue weighted by molar-refractivity contribution is -0.123. The first-order chi connectivity index (χ1) is 10.6. The number of rotatable bonds is 4. The third-order valence-corrected chi connectivity index (χ3v) is 5.32. The van der Waals surface area contributed by atoms with E-state index in [1.54, 1.807) is 0 Å². The smallest absolute Gasteiger partial charge is 0.0706 e. The molecule has 2 heterocycles. The molecule has 0 saturated carbocycles. The van der Waals surface area contributed by atoms with E-state index in [0.29, 0.717) is 19.3 Å². The van der Waals surface area contributed by atoms with Gasteiger partial charge in [0.25, 0.3) is 0 Å². The fraction of sp³-hybridized carbons (Fsp3) is 0.667. The van der Waals surface area contributed by atoms with Gasteiger partial charge in [0.15, 0.2) is 0 Å². The van der Waals surface area contributed by atoms with Gasteiger partial charge in [-0.25, -0.2) is 0 Å². The highest BCUT2D eigenvalue weighted by Gasteiger charge is 2.43. The van der Waals surface area contributed by atoms with E-state index in [9.17, 15) is 5.11 Å². The molecule has 0 radical (unpaired) electrons. The van der Waals surface area contributed by atoms with Crippen molar-refractivity contribution in [3.8, 4) is 0 Å². The van der Waals surface area contributed by atoms with Crippen LogP contribution in [0.4, 0.5) is 0 Å². The third-order valence-electron chi connectivity index (χ3n) is 5.32. The van der Waals surface area contributed by atoms with Crippen LogP contribution in [0.1, 0.15) is 37.3 Å². The van der Waals surface area contributed by atoms with Gasteiger partial charge in [0.1, 0.15) is 0 Å². The van der Waals surface area contributed by atoms with Crippen molar-refractivity contribution in [1.29, 1.82) is 0 Å². The fourth-order valence-corrected chi connectivity index (χ4v) is 3.87. The van der Waals surface area contributed by atoms with Crippen molar-refractivity contribution in [1.82, 2.24) is 4.90 Å². The zero-order valence-corrected chi connectivity index (χ0v) is 13.4. The van der Waals surface area contributed by atoms with Gasteiger partial charge >= 0.3 is 0 Å². The predicted molar refractivity (Wildman–Crippen MR) is 85.3 cm³/mol. The van der Waals surface area contributed by atoms with Crippen molar-refractivity contribution in [2.75, 3.05) is 19.8 Å². The van der Waals surface area contributed by atoms with E-state index in [4.69, 9.17) is 9.84 Å². The molecule has 1 aromatic carbocycles. The minimum absolute atomic E-state index is 0.0922. The summed E-state index contributed by atoms with van der Waals surface area (Å²) in [6.07, 6.45) is 3.05. The lowest BCUT2D eigenvalue weighted by atomic mass is 9.79. The first kappa shape index (κ1) is 15.9. The zero-order valence-electron chi connectivity index (χ0n) is 13.4. The van der Waals surface area contributed by atoms with Gasteiger partial charge in [-0.15, -0.1) is 0 Å². The SMILES string of the molecule is C[C@]1(O)CCOC[C@@H]1[C@@H]1CCCN1Cc1ccc(CO)cc1. The predicted octanol–water partition coefficient (Wildman–Crippen LogP) is 1.93. The highest BCUT2D eigenvalue weighted by molar-refractivity contribution is 5.22. The molecule has 22 heavy (non-hydrogen) atoms. The van der Waals surface area contributed by atoms with E-state index in [1.165, 1.54) is 12.0 Å². The van der Waals surface area contributed by atoms with Crippen LogP contribution in [0.3, 0.4) is 0 Å². The van der Waals surface area contributed by atoms with E-state index in [1.807, 2.05) is 19.1 Å². The first-order valence-electron chi connectivity index (χ1n) is 8.33. The second kappa shape index (κ2) is 6.67. The van der Waals surface area contributed by atoms with Crippen LogP contribution in [0.15, 0.2) is 24.3 Å². The molecule has 0 amide bonds. The zero-order chi connectivity index (χ0) is 15.6. The summed E-state index contributed by atoms with van der Waals surface area (Å²) in [6.45, 7) is 5.38. The summed E-state index contributed by atoms with van der Waals surface area (Å²) in [5.74, 6) is 0.195. The Kier molecular flexibility index (Phi) is 4.83. The number of aliphatic hydroxyl groups excluding tert-OH is 1. The Bertz CT molecular complexity index is 486. The van der Waals surface area contributed by atoms with E-state index >= 15 is 0 Å². The second-order valence-corrected chi connectivity index (χ2v) is 6.94. The maximum absolute atomic E-state index is 10.7. The second-order valence-electron chi connectivity index (χ2n) is 6.94.